The number of morpholine rings is 1. The molecule has 110 valence electrons. The minimum absolute atomic E-state index is 0.0729. The Hall–Kier alpha value is -1.63. The first kappa shape index (κ1) is 14.8. The van der Waals surface area contributed by atoms with Gasteiger partial charge in [0.25, 0.3) is 0 Å². The number of carboxylic acids is 1. The number of nitrogens with one attached hydrogen (secondary N) is 1. The van der Waals surface area contributed by atoms with Crippen molar-refractivity contribution in [2.45, 2.75) is 6.04 Å². The van der Waals surface area contributed by atoms with Gasteiger partial charge in [0.05, 0.1) is 13.2 Å². The molecule has 1 atom stereocenters. The number of aromatic hydroxyl groups is 1. The first-order valence-corrected chi connectivity index (χ1v) is 6.72. The van der Waals surface area contributed by atoms with E-state index in [2.05, 4.69) is 10.2 Å². The fourth-order valence-corrected chi connectivity index (χ4v) is 2.24. The minimum atomic E-state index is -0.947. The third kappa shape index (κ3) is 4.19. The molecule has 0 aromatic heterocycles. The first-order valence-electron chi connectivity index (χ1n) is 6.72. The Morgan fingerprint density at radius 1 is 1.40 bits per heavy atom. The Balaban J connectivity index is 1.88. The predicted octanol–water partition coefficient (Wildman–Crippen LogP) is 0.440. The number of aliphatic carboxylic acids is 1. The van der Waals surface area contributed by atoms with E-state index in [9.17, 15) is 15.0 Å². The second-order valence-corrected chi connectivity index (χ2v) is 4.77. The van der Waals surface area contributed by atoms with E-state index in [1.54, 1.807) is 12.1 Å². The molecule has 0 radical (unpaired) electrons. The zero-order valence-corrected chi connectivity index (χ0v) is 11.3. The van der Waals surface area contributed by atoms with E-state index in [0.717, 1.165) is 32.8 Å². The lowest BCUT2D eigenvalue weighted by Crippen LogP contribution is -2.41. The maximum atomic E-state index is 11.3. The highest BCUT2D eigenvalue weighted by Crippen LogP contribution is 2.18. The van der Waals surface area contributed by atoms with Crippen molar-refractivity contribution in [2.75, 3.05) is 39.4 Å². The summed E-state index contributed by atoms with van der Waals surface area (Å²) in [5.74, 6) is -0.874. The molecule has 0 bridgehead atoms. The fourth-order valence-electron chi connectivity index (χ4n) is 2.24. The van der Waals surface area contributed by atoms with Gasteiger partial charge in [-0.2, -0.15) is 0 Å². The van der Waals surface area contributed by atoms with Gasteiger partial charge in [-0.1, -0.05) is 12.1 Å². The van der Waals surface area contributed by atoms with Gasteiger partial charge < -0.3 is 14.9 Å². The van der Waals surface area contributed by atoms with E-state index in [1.165, 1.54) is 12.1 Å². The van der Waals surface area contributed by atoms with Crippen molar-refractivity contribution in [3.8, 4) is 5.75 Å². The van der Waals surface area contributed by atoms with Crippen LogP contribution in [0.25, 0.3) is 0 Å². The lowest BCUT2D eigenvalue weighted by Gasteiger charge is -2.27. The SMILES string of the molecule is O=C(O)C(NCCN1CCOCC1)c1cccc(O)c1. The molecule has 1 aromatic carbocycles. The fraction of sp³-hybridized carbons (Fsp3) is 0.500. The largest absolute Gasteiger partial charge is 0.508 e. The van der Waals surface area contributed by atoms with E-state index in [0.29, 0.717) is 12.1 Å². The van der Waals surface area contributed by atoms with Crippen LogP contribution in [0.2, 0.25) is 0 Å². The van der Waals surface area contributed by atoms with E-state index < -0.39 is 12.0 Å². The standard InChI is InChI=1S/C14H20N2O4/c17-12-3-1-2-11(10-12)13(14(18)19)15-4-5-16-6-8-20-9-7-16/h1-3,10,13,15,17H,4-9H2,(H,18,19). The van der Waals surface area contributed by atoms with Crippen LogP contribution in [0.1, 0.15) is 11.6 Å². The summed E-state index contributed by atoms with van der Waals surface area (Å²) in [6.07, 6.45) is 0. The highest BCUT2D eigenvalue weighted by molar-refractivity contribution is 5.75. The maximum Gasteiger partial charge on any atom is 0.325 e. The summed E-state index contributed by atoms with van der Waals surface area (Å²) in [6.45, 7) is 4.58. The highest BCUT2D eigenvalue weighted by Gasteiger charge is 2.20. The third-order valence-corrected chi connectivity index (χ3v) is 3.33. The number of hydrogen-bond donors (Lipinski definition) is 3. The zero-order chi connectivity index (χ0) is 14.4. The summed E-state index contributed by atoms with van der Waals surface area (Å²) in [5, 5.41) is 21.7. The van der Waals surface area contributed by atoms with Gasteiger partial charge in [-0.3, -0.25) is 15.0 Å². The molecule has 6 heteroatoms. The van der Waals surface area contributed by atoms with Crippen LogP contribution in [0.5, 0.6) is 5.75 Å². The summed E-state index contributed by atoms with van der Waals surface area (Å²) in [6, 6.07) is 5.53. The number of nitrogens with zero attached hydrogens (tertiary/aromatic N) is 1. The Kier molecular flexibility index (Phi) is 5.34. The van der Waals surface area contributed by atoms with Gasteiger partial charge in [-0.05, 0) is 17.7 Å². The Morgan fingerprint density at radius 2 is 2.15 bits per heavy atom. The van der Waals surface area contributed by atoms with Gasteiger partial charge in [0, 0.05) is 26.2 Å². The summed E-state index contributed by atoms with van der Waals surface area (Å²) in [5.41, 5.74) is 0.555. The Labute approximate surface area is 118 Å². The van der Waals surface area contributed by atoms with E-state index in [1.807, 2.05) is 0 Å². The van der Waals surface area contributed by atoms with Crippen LogP contribution in [-0.2, 0) is 9.53 Å². The number of benzene rings is 1. The molecule has 0 saturated carbocycles. The highest BCUT2D eigenvalue weighted by atomic mass is 16.5. The molecule has 6 nitrogen and oxygen atoms in total. The molecule has 3 N–H and O–H groups in total. The molecular formula is C14H20N2O4. The number of carboxylic acid groups (broad SMARTS) is 1. The van der Waals surface area contributed by atoms with Crippen LogP contribution >= 0.6 is 0 Å². The van der Waals surface area contributed by atoms with Gasteiger partial charge in [0.15, 0.2) is 0 Å². The lowest BCUT2D eigenvalue weighted by molar-refractivity contribution is -0.139. The molecule has 0 spiro atoms. The predicted molar refractivity (Wildman–Crippen MR) is 73.7 cm³/mol. The van der Waals surface area contributed by atoms with Crippen molar-refractivity contribution in [3.05, 3.63) is 29.8 Å². The number of rotatable bonds is 6. The van der Waals surface area contributed by atoms with E-state index in [-0.39, 0.29) is 5.75 Å². The van der Waals surface area contributed by atoms with Crippen LogP contribution in [0.4, 0.5) is 0 Å². The molecule has 2 rings (SSSR count). The summed E-state index contributed by atoms with van der Waals surface area (Å²) in [4.78, 5) is 13.5. The second kappa shape index (κ2) is 7.23. The molecule has 1 saturated heterocycles. The summed E-state index contributed by atoms with van der Waals surface area (Å²) < 4.78 is 5.26. The molecule has 1 aliphatic heterocycles. The number of phenolic OH excluding ortho intramolecular Hbond substituents is 1. The lowest BCUT2D eigenvalue weighted by atomic mass is 10.1. The van der Waals surface area contributed by atoms with Gasteiger partial charge in [0.2, 0.25) is 0 Å². The van der Waals surface area contributed by atoms with Crippen molar-refractivity contribution >= 4 is 5.97 Å². The summed E-state index contributed by atoms with van der Waals surface area (Å²) in [7, 11) is 0. The molecule has 20 heavy (non-hydrogen) atoms. The quantitative estimate of drug-likeness (QED) is 0.701. The van der Waals surface area contributed by atoms with Crippen molar-refractivity contribution in [1.29, 1.82) is 0 Å². The van der Waals surface area contributed by atoms with Crippen LogP contribution in [0.3, 0.4) is 0 Å². The molecule has 1 fully saturated rings. The maximum absolute atomic E-state index is 11.3. The van der Waals surface area contributed by atoms with Gasteiger partial charge in [-0.15, -0.1) is 0 Å². The number of ether oxygens (including phenoxy) is 1. The van der Waals surface area contributed by atoms with Crippen LogP contribution in [0, 0.1) is 0 Å². The molecule has 1 aromatic rings. The van der Waals surface area contributed by atoms with Gasteiger partial charge >= 0.3 is 5.97 Å². The number of hydrogen-bond acceptors (Lipinski definition) is 5. The Bertz CT molecular complexity index is 447. The molecular weight excluding hydrogens is 260 g/mol. The van der Waals surface area contributed by atoms with Gasteiger partial charge in [-0.25, -0.2) is 0 Å². The molecule has 1 unspecified atom stereocenters. The number of phenols is 1. The zero-order valence-electron chi connectivity index (χ0n) is 11.3. The van der Waals surface area contributed by atoms with Crippen molar-refractivity contribution < 1.29 is 19.7 Å². The second-order valence-electron chi connectivity index (χ2n) is 4.77. The topological polar surface area (TPSA) is 82.0 Å². The van der Waals surface area contributed by atoms with Crippen molar-refractivity contribution in [1.82, 2.24) is 10.2 Å². The third-order valence-electron chi connectivity index (χ3n) is 3.33. The average molecular weight is 280 g/mol. The first-order chi connectivity index (χ1) is 9.66. The van der Waals surface area contributed by atoms with Crippen LogP contribution < -0.4 is 5.32 Å². The van der Waals surface area contributed by atoms with Crippen molar-refractivity contribution in [2.24, 2.45) is 0 Å². The average Bonchev–Trinajstić information content (AvgIpc) is 2.44. The Morgan fingerprint density at radius 3 is 2.80 bits per heavy atom. The summed E-state index contributed by atoms with van der Waals surface area (Å²) >= 11 is 0. The monoisotopic (exact) mass is 280 g/mol. The molecule has 0 aliphatic carbocycles. The normalized spacial score (nSPS) is 17.8. The van der Waals surface area contributed by atoms with E-state index in [4.69, 9.17) is 4.74 Å². The van der Waals surface area contributed by atoms with Crippen LogP contribution in [-0.4, -0.2) is 60.5 Å². The number of carbonyl (C=O) groups is 1. The molecule has 0 amide bonds. The minimum Gasteiger partial charge on any atom is -0.508 e. The van der Waals surface area contributed by atoms with Crippen LogP contribution in [0.15, 0.2) is 24.3 Å². The van der Waals surface area contributed by atoms with E-state index >= 15 is 0 Å². The molecule has 1 aliphatic rings. The van der Waals surface area contributed by atoms with Gasteiger partial charge in [0.1, 0.15) is 11.8 Å². The smallest absolute Gasteiger partial charge is 0.325 e. The molecule has 1 heterocycles. The van der Waals surface area contributed by atoms with Crippen molar-refractivity contribution in [3.63, 3.8) is 0 Å².